The molecule has 0 radical (unpaired) electrons. The number of halogens is 1. The Balaban J connectivity index is 1.25. The van der Waals surface area contributed by atoms with Crippen molar-refractivity contribution in [2.24, 2.45) is 0 Å². The van der Waals surface area contributed by atoms with Crippen LogP contribution in [0.15, 0.2) is 71.1 Å². The molecule has 3 aromatic carbocycles. The number of nitrogens with one attached hydrogen (secondary N) is 1. The van der Waals surface area contributed by atoms with Crippen molar-refractivity contribution < 1.29 is 28.2 Å². The van der Waals surface area contributed by atoms with Gasteiger partial charge in [-0.25, -0.2) is 9.18 Å². The Hall–Kier alpha value is -4.40. The number of aromatic nitrogens is 1. The lowest BCUT2D eigenvalue weighted by molar-refractivity contribution is -0.144. The second-order valence-corrected chi connectivity index (χ2v) is 9.12. The maximum Gasteiger partial charge on any atom is 0.335 e. The Bertz CT molecular complexity index is 1450. The van der Waals surface area contributed by atoms with Crippen molar-refractivity contribution in [3.05, 3.63) is 83.4 Å². The van der Waals surface area contributed by atoms with Crippen molar-refractivity contribution in [2.75, 3.05) is 18.5 Å². The molecule has 1 aliphatic heterocycles. The van der Waals surface area contributed by atoms with Crippen LogP contribution in [0.5, 0.6) is 5.75 Å². The molecular formula is C28H26FN3O5. The molecule has 5 rings (SSSR count). The average Bonchev–Trinajstić information content (AvgIpc) is 3.47. The summed E-state index contributed by atoms with van der Waals surface area (Å²) in [6.07, 6.45) is 0.713. The number of likely N-dealkylation sites (tertiary alicyclic amines) is 1. The Morgan fingerprint density at radius 1 is 1.16 bits per heavy atom. The lowest BCUT2D eigenvalue weighted by atomic mass is 10.1. The van der Waals surface area contributed by atoms with Crippen molar-refractivity contribution in [3.63, 3.8) is 0 Å². The topological polar surface area (TPSA) is 105 Å². The molecule has 1 unspecified atom stereocenters. The maximum atomic E-state index is 15.8. The number of amides is 1. The number of nitrogens with zero attached hydrogens (tertiary/aromatic N) is 2. The van der Waals surface area contributed by atoms with Gasteiger partial charge in [0, 0.05) is 18.7 Å². The zero-order valence-corrected chi connectivity index (χ0v) is 20.2. The molecule has 2 N–H and O–H groups in total. The Morgan fingerprint density at radius 3 is 2.70 bits per heavy atom. The van der Waals surface area contributed by atoms with Crippen LogP contribution in [0.1, 0.15) is 34.3 Å². The van der Waals surface area contributed by atoms with Gasteiger partial charge in [-0.05, 0) is 66.9 Å². The van der Waals surface area contributed by atoms with Crippen LogP contribution in [0.3, 0.4) is 0 Å². The van der Waals surface area contributed by atoms with E-state index in [1.54, 1.807) is 18.2 Å². The van der Waals surface area contributed by atoms with Crippen LogP contribution >= 0.6 is 0 Å². The first kappa shape index (κ1) is 24.3. The van der Waals surface area contributed by atoms with Gasteiger partial charge < -0.3 is 24.5 Å². The van der Waals surface area contributed by atoms with Crippen LogP contribution in [0, 0.1) is 6.92 Å². The van der Waals surface area contributed by atoms with E-state index in [1.165, 1.54) is 29.2 Å². The van der Waals surface area contributed by atoms with Crippen molar-refractivity contribution >= 4 is 34.7 Å². The molecule has 1 fully saturated rings. The summed E-state index contributed by atoms with van der Waals surface area (Å²) >= 11 is 0. The van der Waals surface area contributed by atoms with E-state index in [0.717, 1.165) is 11.3 Å². The molecule has 1 atom stereocenters. The monoisotopic (exact) mass is 503 g/mol. The highest BCUT2D eigenvalue weighted by atomic mass is 19.1. The molecule has 1 amide bonds. The molecule has 0 spiro atoms. The van der Waals surface area contributed by atoms with Crippen LogP contribution in [-0.4, -0.2) is 45.8 Å². The van der Waals surface area contributed by atoms with Crippen LogP contribution in [-0.2, 0) is 11.2 Å². The van der Waals surface area contributed by atoms with Crippen molar-refractivity contribution in [1.29, 1.82) is 0 Å². The predicted molar refractivity (Wildman–Crippen MR) is 136 cm³/mol. The Kier molecular flexibility index (Phi) is 6.52. The smallest absolute Gasteiger partial charge is 0.335 e. The van der Waals surface area contributed by atoms with E-state index in [0.29, 0.717) is 41.4 Å². The minimum Gasteiger partial charge on any atom is -0.488 e. The fourth-order valence-corrected chi connectivity index (χ4v) is 4.46. The van der Waals surface area contributed by atoms with Gasteiger partial charge in [0.05, 0.1) is 12.0 Å². The van der Waals surface area contributed by atoms with Gasteiger partial charge in [-0.3, -0.25) is 4.79 Å². The molecule has 4 aromatic rings. The first-order valence-electron chi connectivity index (χ1n) is 12.0. The highest BCUT2D eigenvalue weighted by Gasteiger charge is 2.44. The number of aryl methyl sites for hydroxylation is 1. The fraction of sp³-hybridized carbons (Fsp3) is 0.250. The van der Waals surface area contributed by atoms with Gasteiger partial charge >= 0.3 is 5.97 Å². The summed E-state index contributed by atoms with van der Waals surface area (Å²) in [6, 6.07) is 19.2. The number of fused-ring (bicyclic) bond motifs is 1. The zero-order chi connectivity index (χ0) is 26.0. The van der Waals surface area contributed by atoms with Crippen molar-refractivity contribution in [1.82, 2.24) is 9.88 Å². The van der Waals surface area contributed by atoms with Gasteiger partial charge in [0.2, 0.25) is 11.7 Å². The van der Waals surface area contributed by atoms with E-state index >= 15 is 4.39 Å². The number of hydrogen-bond donors (Lipinski definition) is 2. The molecule has 190 valence electrons. The Morgan fingerprint density at radius 2 is 1.95 bits per heavy atom. The minimum atomic E-state index is -1.94. The number of oxazole rings is 1. The molecule has 0 aliphatic carbocycles. The van der Waals surface area contributed by atoms with Gasteiger partial charge in [-0.15, -0.1) is 0 Å². The molecule has 0 saturated carbocycles. The molecule has 2 heterocycles. The predicted octanol–water partition coefficient (Wildman–Crippen LogP) is 5.49. The number of benzene rings is 3. The second-order valence-electron chi connectivity index (χ2n) is 9.12. The summed E-state index contributed by atoms with van der Waals surface area (Å²) in [5.74, 6) is -2.99. The van der Waals surface area contributed by atoms with E-state index in [9.17, 15) is 9.59 Å². The molecule has 8 nitrogen and oxygen atoms in total. The van der Waals surface area contributed by atoms with E-state index in [4.69, 9.17) is 14.3 Å². The quantitative estimate of drug-likeness (QED) is 0.307. The second kappa shape index (κ2) is 9.93. The summed E-state index contributed by atoms with van der Waals surface area (Å²) in [6.45, 7) is 1.95. The molecule has 1 saturated heterocycles. The third-order valence-electron chi connectivity index (χ3n) is 6.48. The number of aromatic carboxylic acids is 1. The molecule has 9 heteroatoms. The molecule has 0 bridgehead atoms. The summed E-state index contributed by atoms with van der Waals surface area (Å²) in [5, 5.41) is 12.2. The van der Waals surface area contributed by atoms with Gasteiger partial charge in [-0.2, -0.15) is 4.98 Å². The number of alkyl halides is 1. The van der Waals surface area contributed by atoms with Crippen LogP contribution in [0.2, 0.25) is 0 Å². The Labute approximate surface area is 212 Å². The SMILES string of the molecule is Cc1ccccc1Nc1nc2cc(CC(=O)N3CCCC3(F)COc3ccc(C(=O)O)cc3)ccc2o1. The maximum absolute atomic E-state index is 15.8. The molecule has 1 aliphatic rings. The number of hydrogen-bond acceptors (Lipinski definition) is 6. The van der Waals surface area contributed by atoms with Crippen molar-refractivity contribution in [3.8, 4) is 5.75 Å². The summed E-state index contributed by atoms with van der Waals surface area (Å²) < 4.78 is 27.1. The fourth-order valence-electron chi connectivity index (χ4n) is 4.46. The lowest BCUT2D eigenvalue weighted by Crippen LogP contribution is -2.48. The number of carboxylic acid groups (broad SMARTS) is 1. The highest BCUT2D eigenvalue weighted by molar-refractivity contribution is 5.87. The summed E-state index contributed by atoms with van der Waals surface area (Å²) in [4.78, 5) is 29.8. The average molecular weight is 504 g/mol. The molecular weight excluding hydrogens is 477 g/mol. The number of carboxylic acids is 1. The highest BCUT2D eigenvalue weighted by Crippen LogP contribution is 2.33. The van der Waals surface area contributed by atoms with Crippen LogP contribution < -0.4 is 10.1 Å². The van der Waals surface area contributed by atoms with Gasteiger partial charge in [0.25, 0.3) is 6.01 Å². The lowest BCUT2D eigenvalue weighted by Gasteiger charge is -2.31. The molecule has 1 aromatic heterocycles. The van der Waals surface area contributed by atoms with E-state index in [2.05, 4.69) is 10.3 Å². The van der Waals surface area contributed by atoms with Gasteiger partial charge in [0.1, 0.15) is 17.9 Å². The third kappa shape index (κ3) is 5.25. The number of ether oxygens (including phenoxy) is 1. The van der Waals surface area contributed by atoms with E-state index in [-0.39, 0.29) is 30.9 Å². The number of carbonyl (C=O) groups is 2. The van der Waals surface area contributed by atoms with Crippen molar-refractivity contribution in [2.45, 2.75) is 32.0 Å². The number of carbonyl (C=O) groups excluding carboxylic acids is 1. The normalized spacial score (nSPS) is 17.2. The number of para-hydroxylation sites is 1. The minimum absolute atomic E-state index is 0.0162. The summed E-state index contributed by atoms with van der Waals surface area (Å²) in [7, 11) is 0. The number of anilines is 2. The van der Waals surface area contributed by atoms with E-state index in [1.807, 2.05) is 31.2 Å². The molecule has 37 heavy (non-hydrogen) atoms. The van der Waals surface area contributed by atoms with Gasteiger partial charge in [0.15, 0.2) is 5.58 Å². The first-order chi connectivity index (χ1) is 17.8. The van der Waals surface area contributed by atoms with Gasteiger partial charge in [-0.1, -0.05) is 24.3 Å². The first-order valence-corrected chi connectivity index (χ1v) is 12.0. The zero-order valence-electron chi connectivity index (χ0n) is 20.2. The largest absolute Gasteiger partial charge is 0.488 e. The summed E-state index contributed by atoms with van der Waals surface area (Å²) in [5.41, 5.74) is 3.93. The standard InChI is InChI=1S/C28H26FN3O5/c1-18-5-2-3-6-22(18)30-27-31-23-15-19(7-12-24(23)37-27)16-25(33)32-14-4-13-28(32,29)17-36-21-10-8-20(9-11-21)26(34)35/h2-3,5-12,15H,4,13-14,16-17H2,1H3,(H,30,31)(H,34,35). The third-order valence-corrected chi connectivity index (χ3v) is 6.48. The van der Waals surface area contributed by atoms with Crippen LogP contribution in [0.25, 0.3) is 11.1 Å². The number of rotatable bonds is 8. The van der Waals surface area contributed by atoms with Crippen LogP contribution in [0.4, 0.5) is 16.1 Å². The van der Waals surface area contributed by atoms with E-state index < -0.39 is 11.8 Å².